The molecule has 0 bridgehead atoms. The lowest BCUT2D eigenvalue weighted by molar-refractivity contribution is 0.0999. The van der Waals surface area contributed by atoms with Gasteiger partial charge in [0.2, 0.25) is 0 Å². The number of hydrogen-bond donors (Lipinski definition) is 1. The minimum absolute atomic E-state index is 0.383. The third kappa shape index (κ3) is 2.00. The highest BCUT2D eigenvalue weighted by molar-refractivity contribution is 9.11. The molecular formula is C6H4Br2N2O. The molecule has 0 saturated heterocycles. The van der Waals surface area contributed by atoms with Crippen molar-refractivity contribution in [3.63, 3.8) is 0 Å². The molecule has 1 aromatic rings. The Balaban J connectivity index is 3.20. The minimum Gasteiger partial charge on any atom is -0.366 e. The van der Waals surface area contributed by atoms with Crippen LogP contribution in [0.4, 0.5) is 0 Å². The SMILES string of the molecule is NC(=O)c1cnc(Br)cc1Br. The van der Waals surface area contributed by atoms with Gasteiger partial charge in [0, 0.05) is 10.7 Å². The maximum atomic E-state index is 10.7. The highest BCUT2D eigenvalue weighted by atomic mass is 79.9. The fourth-order valence-electron chi connectivity index (χ4n) is 0.589. The summed E-state index contributed by atoms with van der Waals surface area (Å²) >= 11 is 6.33. The molecule has 0 atom stereocenters. The first kappa shape index (κ1) is 8.67. The molecule has 0 aliphatic carbocycles. The van der Waals surface area contributed by atoms with Crippen LogP contribution in [0.3, 0.4) is 0 Å². The van der Waals surface area contributed by atoms with Crippen molar-refractivity contribution < 1.29 is 4.79 Å². The zero-order chi connectivity index (χ0) is 8.43. The molecule has 0 spiro atoms. The van der Waals surface area contributed by atoms with E-state index < -0.39 is 5.91 Å². The standard InChI is InChI=1S/C6H4Br2N2O/c7-4-1-5(8)10-2-3(4)6(9)11/h1-2H,(H2,9,11). The molecule has 0 saturated carbocycles. The highest BCUT2D eigenvalue weighted by Gasteiger charge is 2.05. The molecule has 0 fully saturated rings. The van der Waals surface area contributed by atoms with Crippen molar-refractivity contribution in [1.29, 1.82) is 0 Å². The molecule has 2 N–H and O–H groups in total. The normalized spacial score (nSPS) is 9.64. The molecule has 5 heteroatoms. The summed E-state index contributed by atoms with van der Waals surface area (Å²) in [5, 5.41) is 0. The van der Waals surface area contributed by atoms with Crippen molar-refractivity contribution in [3.8, 4) is 0 Å². The highest BCUT2D eigenvalue weighted by Crippen LogP contribution is 2.18. The molecule has 0 radical (unpaired) electrons. The van der Waals surface area contributed by atoms with Crippen LogP contribution in [0.1, 0.15) is 10.4 Å². The molecule has 0 unspecified atom stereocenters. The van der Waals surface area contributed by atoms with E-state index in [9.17, 15) is 4.79 Å². The third-order valence-corrected chi connectivity index (χ3v) is 2.18. The Bertz CT molecular complexity index is 301. The maximum Gasteiger partial charge on any atom is 0.251 e. The van der Waals surface area contributed by atoms with E-state index in [-0.39, 0.29) is 0 Å². The van der Waals surface area contributed by atoms with Crippen molar-refractivity contribution in [3.05, 3.63) is 26.9 Å². The van der Waals surface area contributed by atoms with Crippen molar-refractivity contribution in [2.45, 2.75) is 0 Å². The van der Waals surface area contributed by atoms with Gasteiger partial charge >= 0.3 is 0 Å². The number of pyridine rings is 1. The number of hydrogen-bond acceptors (Lipinski definition) is 2. The predicted molar refractivity (Wildman–Crippen MR) is 48.2 cm³/mol. The second kappa shape index (κ2) is 3.32. The largest absolute Gasteiger partial charge is 0.366 e. The summed E-state index contributed by atoms with van der Waals surface area (Å²) in [4.78, 5) is 14.5. The first-order valence-corrected chi connectivity index (χ1v) is 4.30. The lowest BCUT2D eigenvalue weighted by Gasteiger charge is -1.97. The topological polar surface area (TPSA) is 56.0 Å². The molecule has 0 aliphatic rings. The number of rotatable bonds is 1. The van der Waals surface area contributed by atoms with Crippen LogP contribution in [0.5, 0.6) is 0 Å². The van der Waals surface area contributed by atoms with Gasteiger partial charge in [0.15, 0.2) is 0 Å². The van der Waals surface area contributed by atoms with Gasteiger partial charge in [-0.25, -0.2) is 4.98 Å². The Labute approximate surface area is 80.3 Å². The average Bonchev–Trinajstić information content (AvgIpc) is 1.85. The fourth-order valence-corrected chi connectivity index (χ4v) is 1.74. The van der Waals surface area contributed by atoms with E-state index >= 15 is 0 Å². The van der Waals surface area contributed by atoms with Crippen molar-refractivity contribution in [2.24, 2.45) is 5.73 Å². The lowest BCUT2D eigenvalue weighted by Crippen LogP contribution is -2.11. The second-order valence-electron chi connectivity index (χ2n) is 1.85. The third-order valence-electron chi connectivity index (χ3n) is 1.09. The Morgan fingerprint density at radius 1 is 1.55 bits per heavy atom. The maximum absolute atomic E-state index is 10.7. The Morgan fingerprint density at radius 3 is 2.64 bits per heavy atom. The van der Waals surface area contributed by atoms with Gasteiger partial charge in [-0.3, -0.25) is 4.79 Å². The van der Waals surface area contributed by atoms with Crippen LogP contribution in [0.25, 0.3) is 0 Å². The zero-order valence-corrected chi connectivity index (χ0v) is 8.52. The van der Waals surface area contributed by atoms with Gasteiger partial charge in [-0.15, -0.1) is 0 Å². The van der Waals surface area contributed by atoms with E-state index in [2.05, 4.69) is 36.8 Å². The molecule has 1 heterocycles. The summed E-state index contributed by atoms with van der Waals surface area (Å²) in [6.07, 6.45) is 1.41. The van der Waals surface area contributed by atoms with Gasteiger partial charge < -0.3 is 5.73 Å². The van der Waals surface area contributed by atoms with Crippen LogP contribution in [0.15, 0.2) is 21.3 Å². The van der Waals surface area contributed by atoms with E-state index in [1.807, 2.05) is 0 Å². The molecule has 11 heavy (non-hydrogen) atoms. The monoisotopic (exact) mass is 278 g/mol. The smallest absolute Gasteiger partial charge is 0.251 e. The number of aromatic nitrogens is 1. The van der Waals surface area contributed by atoms with E-state index in [1.54, 1.807) is 6.07 Å². The van der Waals surface area contributed by atoms with Gasteiger partial charge in [0.05, 0.1) is 5.56 Å². The summed E-state index contributed by atoms with van der Waals surface area (Å²) < 4.78 is 1.31. The van der Waals surface area contributed by atoms with E-state index in [0.29, 0.717) is 14.6 Å². The van der Waals surface area contributed by atoms with Crippen LogP contribution in [0.2, 0.25) is 0 Å². The Morgan fingerprint density at radius 2 is 2.18 bits per heavy atom. The summed E-state index contributed by atoms with van der Waals surface area (Å²) in [6.45, 7) is 0. The number of amides is 1. The van der Waals surface area contributed by atoms with Crippen molar-refractivity contribution >= 4 is 37.8 Å². The second-order valence-corrected chi connectivity index (χ2v) is 3.52. The van der Waals surface area contributed by atoms with E-state index in [0.717, 1.165) is 0 Å². The molecule has 58 valence electrons. The summed E-state index contributed by atoms with van der Waals surface area (Å²) in [7, 11) is 0. The Kier molecular flexibility index (Phi) is 2.62. The van der Waals surface area contributed by atoms with Crippen LogP contribution in [0, 0.1) is 0 Å². The van der Waals surface area contributed by atoms with Crippen LogP contribution in [-0.2, 0) is 0 Å². The van der Waals surface area contributed by atoms with Gasteiger partial charge in [0.25, 0.3) is 5.91 Å². The average molecular weight is 280 g/mol. The van der Waals surface area contributed by atoms with Gasteiger partial charge in [-0.05, 0) is 37.9 Å². The van der Waals surface area contributed by atoms with E-state index in [1.165, 1.54) is 6.20 Å². The number of nitrogens with zero attached hydrogens (tertiary/aromatic N) is 1. The van der Waals surface area contributed by atoms with Crippen LogP contribution < -0.4 is 5.73 Å². The van der Waals surface area contributed by atoms with Crippen LogP contribution >= 0.6 is 31.9 Å². The quantitative estimate of drug-likeness (QED) is 0.796. The van der Waals surface area contributed by atoms with Crippen molar-refractivity contribution in [1.82, 2.24) is 4.98 Å². The summed E-state index contributed by atoms with van der Waals surface area (Å²) in [5.41, 5.74) is 5.42. The van der Waals surface area contributed by atoms with Gasteiger partial charge in [0.1, 0.15) is 4.60 Å². The summed E-state index contributed by atoms with van der Waals surface area (Å²) in [6, 6.07) is 1.67. The lowest BCUT2D eigenvalue weighted by atomic mass is 10.3. The minimum atomic E-state index is -0.489. The first-order chi connectivity index (χ1) is 5.11. The fraction of sp³-hybridized carbons (Fsp3) is 0. The summed E-state index contributed by atoms with van der Waals surface area (Å²) in [5.74, 6) is -0.489. The zero-order valence-electron chi connectivity index (χ0n) is 5.34. The Hall–Kier alpha value is -0.420. The molecule has 1 rings (SSSR count). The number of nitrogens with two attached hydrogens (primary N) is 1. The van der Waals surface area contributed by atoms with Crippen molar-refractivity contribution in [2.75, 3.05) is 0 Å². The number of primary amides is 1. The number of carbonyl (C=O) groups is 1. The molecule has 0 aromatic carbocycles. The van der Waals surface area contributed by atoms with Gasteiger partial charge in [-0.2, -0.15) is 0 Å². The molecule has 1 aromatic heterocycles. The van der Waals surface area contributed by atoms with Gasteiger partial charge in [-0.1, -0.05) is 0 Å². The first-order valence-electron chi connectivity index (χ1n) is 2.72. The number of halogens is 2. The molecule has 3 nitrogen and oxygen atoms in total. The molecule has 1 amide bonds. The molecular weight excluding hydrogens is 276 g/mol. The number of carbonyl (C=O) groups excluding carboxylic acids is 1. The molecule has 0 aliphatic heterocycles. The van der Waals surface area contributed by atoms with Crippen LogP contribution in [-0.4, -0.2) is 10.9 Å². The van der Waals surface area contributed by atoms with E-state index in [4.69, 9.17) is 5.73 Å². The predicted octanol–water partition coefficient (Wildman–Crippen LogP) is 1.71.